The van der Waals surface area contributed by atoms with Crippen LogP contribution in [0.3, 0.4) is 0 Å². The van der Waals surface area contributed by atoms with E-state index >= 15 is 0 Å². The Balaban J connectivity index is 1.30. The average Bonchev–Trinajstić information content (AvgIpc) is 3.07. The molecule has 2 aromatic rings. The molecule has 1 unspecified atom stereocenters. The summed E-state index contributed by atoms with van der Waals surface area (Å²) in [4.78, 5) is 35.2. The number of benzene rings is 2. The third-order valence-electron chi connectivity index (χ3n) is 7.76. The maximum Gasteiger partial charge on any atom is 0.342 e. The van der Waals surface area contributed by atoms with Crippen LogP contribution in [0.25, 0.3) is 6.08 Å². The van der Waals surface area contributed by atoms with Crippen LogP contribution in [0.2, 0.25) is 0 Å². The first-order chi connectivity index (χ1) is 21.9. The van der Waals surface area contributed by atoms with Crippen molar-refractivity contribution in [3.05, 3.63) is 96.8 Å². The first-order valence-corrected chi connectivity index (χ1v) is 15.8. The summed E-state index contributed by atoms with van der Waals surface area (Å²) in [5, 5.41) is 0. The van der Waals surface area contributed by atoms with E-state index in [1.807, 2.05) is 36.4 Å². The number of ether oxygens (including phenoxy) is 5. The molecule has 0 saturated heterocycles. The Labute approximate surface area is 267 Å². The smallest absolute Gasteiger partial charge is 0.342 e. The van der Waals surface area contributed by atoms with E-state index in [1.165, 1.54) is 50.4 Å². The largest absolute Gasteiger partial charge is 0.494 e. The lowest BCUT2D eigenvalue weighted by Crippen LogP contribution is -2.29. The van der Waals surface area contributed by atoms with Gasteiger partial charge in [0.05, 0.1) is 25.0 Å². The van der Waals surface area contributed by atoms with Gasteiger partial charge in [-0.1, -0.05) is 57.2 Å². The molecule has 1 aliphatic rings. The van der Waals surface area contributed by atoms with Crippen LogP contribution >= 0.6 is 0 Å². The monoisotopic (exact) mass is 618 g/mol. The van der Waals surface area contributed by atoms with Crippen molar-refractivity contribution in [2.75, 3.05) is 26.4 Å². The van der Waals surface area contributed by atoms with Crippen molar-refractivity contribution >= 4 is 24.0 Å². The second-order valence-electron chi connectivity index (χ2n) is 11.1. The number of hydrogen-bond donors (Lipinski definition) is 0. The molecule has 2 aromatic carbocycles. The molecule has 0 radical (unpaired) electrons. The molecule has 3 rings (SSSR count). The van der Waals surface area contributed by atoms with Crippen molar-refractivity contribution in [3.8, 4) is 5.75 Å². The molecule has 1 aliphatic carbocycles. The SMILES string of the molecule is C=CC(=O)OCC(COCCCCOc1ccc(/C=C/OC(=O)c2ccc(C3CCC(CCC)CC3)cc2)cc1)OC(=O)C=C. The van der Waals surface area contributed by atoms with Gasteiger partial charge in [-0.2, -0.15) is 0 Å². The molecule has 0 N–H and O–H groups in total. The van der Waals surface area contributed by atoms with Crippen LogP contribution in [0.4, 0.5) is 0 Å². The normalized spacial score (nSPS) is 16.8. The minimum Gasteiger partial charge on any atom is -0.494 e. The Bertz CT molecular complexity index is 1240. The molecule has 8 nitrogen and oxygen atoms in total. The van der Waals surface area contributed by atoms with Gasteiger partial charge < -0.3 is 23.7 Å². The van der Waals surface area contributed by atoms with E-state index in [0.29, 0.717) is 24.7 Å². The number of carbonyl (C=O) groups excluding carboxylic acids is 3. The molecule has 8 heteroatoms. The van der Waals surface area contributed by atoms with Gasteiger partial charge in [0.15, 0.2) is 6.10 Å². The molecule has 0 bridgehead atoms. The molecule has 1 fully saturated rings. The van der Waals surface area contributed by atoms with E-state index in [-0.39, 0.29) is 19.2 Å². The van der Waals surface area contributed by atoms with Crippen LogP contribution in [0, 0.1) is 5.92 Å². The molecule has 45 heavy (non-hydrogen) atoms. The maximum atomic E-state index is 12.5. The zero-order valence-electron chi connectivity index (χ0n) is 26.3. The lowest BCUT2D eigenvalue weighted by atomic mass is 9.77. The number of rotatable bonds is 19. The van der Waals surface area contributed by atoms with Gasteiger partial charge >= 0.3 is 17.9 Å². The molecule has 0 spiro atoms. The Morgan fingerprint density at radius 2 is 1.56 bits per heavy atom. The van der Waals surface area contributed by atoms with Crippen LogP contribution < -0.4 is 4.74 Å². The third kappa shape index (κ3) is 13.2. The second-order valence-corrected chi connectivity index (χ2v) is 11.1. The molecule has 0 aromatic heterocycles. The Morgan fingerprint density at radius 1 is 0.867 bits per heavy atom. The predicted octanol–water partition coefficient (Wildman–Crippen LogP) is 7.59. The van der Waals surface area contributed by atoms with E-state index in [9.17, 15) is 14.4 Å². The quantitative estimate of drug-likeness (QED) is 0.0522. The maximum absolute atomic E-state index is 12.5. The fourth-order valence-electron chi connectivity index (χ4n) is 5.28. The molecular weight excluding hydrogens is 572 g/mol. The lowest BCUT2D eigenvalue weighted by molar-refractivity contribution is -0.156. The number of unbranched alkanes of at least 4 members (excludes halogenated alkanes) is 1. The highest BCUT2D eigenvalue weighted by Gasteiger charge is 2.22. The first kappa shape index (κ1) is 35.3. The van der Waals surface area contributed by atoms with Gasteiger partial charge in [0.2, 0.25) is 0 Å². The first-order valence-electron chi connectivity index (χ1n) is 15.8. The fraction of sp³-hybridized carbons (Fsp3) is 0.432. The molecule has 1 atom stereocenters. The Hall–Kier alpha value is -4.17. The van der Waals surface area contributed by atoms with Gasteiger partial charge in [-0.15, -0.1) is 0 Å². The Morgan fingerprint density at radius 3 is 2.22 bits per heavy atom. The summed E-state index contributed by atoms with van der Waals surface area (Å²) in [7, 11) is 0. The van der Waals surface area contributed by atoms with Gasteiger partial charge in [0, 0.05) is 18.8 Å². The van der Waals surface area contributed by atoms with E-state index in [0.717, 1.165) is 42.2 Å². The van der Waals surface area contributed by atoms with E-state index < -0.39 is 18.0 Å². The topological polar surface area (TPSA) is 97.4 Å². The van der Waals surface area contributed by atoms with Crippen molar-refractivity contribution in [1.29, 1.82) is 0 Å². The lowest BCUT2D eigenvalue weighted by Gasteiger charge is -2.28. The minimum absolute atomic E-state index is 0.0847. The van der Waals surface area contributed by atoms with Crippen LogP contribution in [-0.4, -0.2) is 50.4 Å². The number of hydrogen-bond acceptors (Lipinski definition) is 8. The molecule has 0 aliphatic heterocycles. The summed E-state index contributed by atoms with van der Waals surface area (Å²) >= 11 is 0. The highest BCUT2D eigenvalue weighted by atomic mass is 16.6. The van der Waals surface area contributed by atoms with Gasteiger partial charge in [0.25, 0.3) is 0 Å². The summed E-state index contributed by atoms with van der Waals surface area (Å²) in [6.07, 6.45) is 13.6. The number of esters is 3. The highest BCUT2D eigenvalue weighted by molar-refractivity contribution is 5.90. The molecule has 0 heterocycles. The van der Waals surface area contributed by atoms with Crippen molar-refractivity contribution in [1.82, 2.24) is 0 Å². The van der Waals surface area contributed by atoms with Crippen LogP contribution in [0.1, 0.15) is 85.7 Å². The Kier molecular flexibility index (Phi) is 15.7. The van der Waals surface area contributed by atoms with Crippen LogP contribution in [-0.2, 0) is 28.5 Å². The summed E-state index contributed by atoms with van der Waals surface area (Å²) < 4.78 is 26.8. The highest BCUT2D eigenvalue weighted by Crippen LogP contribution is 2.37. The zero-order valence-corrected chi connectivity index (χ0v) is 26.3. The molecular formula is C37H46O8. The fourth-order valence-corrected chi connectivity index (χ4v) is 5.28. The van der Waals surface area contributed by atoms with Crippen molar-refractivity contribution in [2.24, 2.45) is 5.92 Å². The molecule has 242 valence electrons. The zero-order chi connectivity index (χ0) is 32.3. The van der Waals surface area contributed by atoms with E-state index in [4.69, 9.17) is 23.7 Å². The van der Waals surface area contributed by atoms with E-state index in [1.54, 1.807) is 6.08 Å². The minimum atomic E-state index is -0.733. The predicted molar refractivity (Wildman–Crippen MR) is 174 cm³/mol. The summed E-state index contributed by atoms with van der Waals surface area (Å²) in [5.74, 6) is 0.589. The van der Waals surface area contributed by atoms with Crippen molar-refractivity contribution in [3.63, 3.8) is 0 Å². The average molecular weight is 619 g/mol. The summed E-state index contributed by atoms with van der Waals surface area (Å²) in [6.45, 7) is 9.83. The molecule has 1 saturated carbocycles. The third-order valence-corrected chi connectivity index (χ3v) is 7.76. The number of carbonyl (C=O) groups is 3. The summed E-state index contributed by atoms with van der Waals surface area (Å²) in [5.41, 5.74) is 2.74. The van der Waals surface area contributed by atoms with Crippen molar-refractivity contribution < 1.29 is 38.1 Å². The second kappa shape index (κ2) is 20.0. The van der Waals surface area contributed by atoms with Crippen LogP contribution in [0.15, 0.2) is 80.1 Å². The summed E-state index contributed by atoms with van der Waals surface area (Å²) in [6, 6.07) is 15.4. The van der Waals surface area contributed by atoms with Gasteiger partial charge in [-0.05, 0) is 91.8 Å². The molecule has 0 amide bonds. The standard InChI is InChI=1S/C37H46O8/c1-4-9-28-10-14-30(15-11-28)31-16-18-32(19-17-31)37(40)43-25-22-29-12-20-33(21-13-29)42-24-8-7-23-41-26-34(45-36(39)6-3)27-44-35(38)5-2/h5-6,12-13,16-22,25,28,30,34H,2-4,7-11,14-15,23-24,26-27H2,1H3/b25-22+. The van der Waals surface area contributed by atoms with Gasteiger partial charge in [-0.25, -0.2) is 14.4 Å². The van der Waals surface area contributed by atoms with Gasteiger partial charge in [-0.3, -0.25) is 0 Å². The van der Waals surface area contributed by atoms with Crippen molar-refractivity contribution in [2.45, 2.75) is 70.3 Å². The van der Waals surface area contributed by atoms with Gasteiger partial charge in [0.1, 0.15) is 12.4 Å². The van der Waals surface area contributed by atoms with Crippen LogP contribution in [0.5, 0.6) is 5.75 Å². The van der Waals surface area contributed by atoms with E-state index in [2.05, 4.69) is 32.2 Å².